The summed E-state index contributed by atoms with van der Waals surface area (Å²) >= 11 is 0. The SMILES string of the molecule is CCc1ccc(-c2ccc(C3CCC(CC)CC3)c(F)c2F)c(F)c1F. The van der Waals surface area contributed by atoms with Gasteiger partial charge in [-0.15, -0.1) is 0 Å². The standard InChI is InChI=1S/C22H24F4/c1-3-13-5-7-15(8-6-13)16-11-12-18(22(26)20(16)24)17-10-9-14(4-2)19(23)21(17)25/h9-13,15H,3-8H2,1-2H3. The summed E-state index contributed by atoms with van der Waals surface area (Å²) in [4.78, 5) is 0. The fraction of sp³-hybridized carbons (Fsp3) is 0.455. The molecule has 0 aliphatic heterocycles. The van der Waals surface area contributed by atoms with E-state index in [1.54, 1.807) is 6.92 Å². The van der Waals surface area contributed by atoms with E-state index in [0.717, 1.165) is 32.1 Å². The van der Waals surface area contributed by atoms with Crippen LogP contribution >= 0.6 is 0 Å². The van der Waals surface area contributed by atoms with Gasteiger partial charge < -0.3 is 0 Å². The zero-order chi connectivity index (χ0) is 18.8. The van der Waals surface area contributed by atoms with E-state index in [1.165, 1.54) is 24.3 Å². The minimum absolute atomic E-state index is 0.00889. The largest absolute Gasteiger partial charge is 0.203 e. The first kappa shape index (κ1) is 18.9. The van der Waals surface area contributed by atoms with Gasteiger partial charge in [-0.2, -0.15) is 0 Å². The van der Waals surface area contributed by atoms with Crippen LogP contribution in [0.1, 0.15) is 63.0 Å². The zero-order valence-corrected chi connectivity index (χ0v) is 15.2. The van der Waals surface area contributed by atoms with Gasteiger partial charge in [0.15, 0.2) is 23.3 Å². The van der Waals surface area contributed by atoms with E-state index < -0.39 is 23.3 Å². The Hall–Kier alpha value is -1.84. The Morgan fingerprint density at radius 1 is 0.731 bits per heavy atom. The molecule has 1 saturated carbocycles. The second-order valence-corrected chi connectivity index (χ2v) is 7.21. The van der Waals surface area contributed by atoms with Crippen molar-refractivity contribution < 1.29 is 17.6 Å². The smallest absolute Gasteiger partial charge is 0.167 e. The Labute approximate surface area is 152 Å². The van der Waals surface area contributed by atoms with Gasteiger partial charge in [0.2, 0.25) is 0 Å². The Morgan fingerprint density at radius 2 is 1.31 bits per heavy atom. The van der Waals surface area contributed by atoms with Crippen molar-refractivity contribution in [1.29, 1.82) is 0 Å². The second-order valence-electron chi connectivity index (χ2n) is 7.21. The van der Waals surface area contributed by atoms with Crippen molar-refractivity contribution >= 4 is 0 Å². The summed E-state index contributed by atoms with van der Waals surface area (Å²) in [7, 11) is 0. The Morgan fingerprint density at radius 3 is 1.88 bits per heavy atom. The monoisotopic (exact) mass is 364 g/mol. The first-order valence-electron chi connectivity index (χ1n) is 9.42. The highest BCUT2D eigenvalue weighted by Crippen LogP contribution is 2.40. The molecule has 26 heavy (non-hydrogen) atoms. The van der Waals surface area contributed by atoms with Gasteiger partial charge in [0.25, 0.3) is 0 Å². The Balaban J connectivity index is 1.95. The fourth-order valence-corrected chi connectivity index (χ4v) is 4.04. The highest BCUT2D eigenvalue weighted by Gasteiger charge is 2.27. The van der Waals surface area contributed by atoms with Crippen molar-refractivity contribution in [3.05, 3.63) is 58.7 Å². The molecule has 2 aromatic carbocycles. The third-order valence-corrected chi connectivity index (χ3v) is 5.81. The van der Waals surface area contributed by atoms with Crippen LogP contribution in [0.5, 0.6) is 0 Å². The van der Waals surface area contributed by atoms with Crippen LogP contribution in [0.4, 0.5) is 17.6 Å². The molecule has 0 nitrogen and oxygen atoms in total. The van der Waals surface area contributed by atoms with Crippen molar-refractivity contribution in [2.75, 3.05) is 0 Å². The van der Waals surface area contributed by atoms with E-state index in [0.29, 0.717) is 17.9 Å². The minimum Gasteiger partial charge on any atom is -0.203 e. The van der Waals surface area contributed by atoms with Crippen molar-refractivity contribution in [2.24, 2.45) is 5.92 Å². The van der Waals surface area contributed by atoms with Crippen LogP contribution in [0, 0.1) is 29.2 Å². The molecule has 1 aliphatic rings. The van der Waals surface area contributed by atoms with Crippen LogP contribution < -0.4 is 0 Å². The molecule has 0 amide bonds. The molecule has 1 fully saturated rings. The minimum atomic E-state index is -1.13. The molecule has 0 N–H and O–H groups in total. The molecule has 0 heterocycles. The third-order valence-electron chi connectivity index (χ3n) is 5.81. The lowest BCUT2D eigenvalue weighted by Crippen LogP contribution is -2.14. The average Bonchev–Trinajstić information content (AvgIpc) is 2.67. The van der Waals surface area contributed by atoms with Gasteiger partial charge in [0, 0.05) is 11.1 Å². The zero-order valence-electron chi connectivity index (χ0n) is 15.2. The molecular weight excluding hydrogens is 340 g/mol. The maximum Gasteiger partial charge on any atom is 0.167 e. The van der Waals surface area contributed by atoms with Gasteiger partial charge in [-0.3, -0.25) is 0 Å². The van der Waals surface area contributed by atoms with E-state index in [1.807, 2.05) is 0 Å². The molecule has 3 rings (SSSR count). The van der Waals surface area contributed by atoms with Gasteiger partial charge in [0.05, 0.1) is 0 Å². The number of halogens is 4. The van der Waals surface area contributed by atoms with Crippen LogP contribution in [-0.4, -0.2) is 0 Å². The molecule has 0 saturated heterocycles. The fourth-order valence-electron chi connectivity index (χ4n) is 4.04. The lowest BCUT2D eigenvalue weighted by Gasteiger charge is -2.28. The van der Waals surface area contributed by atoms with Crippen LogP contribution in [0.25, 0.3) is 11.1 Å². The van der Waals surface area contributed by atoms with Crippen molar-refractivity contribution in [2.45, 2.75) is 58.3 Å². The van der Waals surface area contributed by atoms with Gasteiger partial charge in [-0.05, 0) is 55.1 Å². The number of hydrogen-bond donors (Lipinski definition) is 0. The van der Waals surface area contributed by atoms with Crippen molar-refractivity contribution in [3.63, 3.8) is 0 Å². The molecule has 0 bridgehead atoms. The maximum atomic E-state index is 14.7. The molecule has 0 unspecified atom stereocenters. The van der Waals surface area contributed by atoms with Crippen LogP contribution in [-0.2, 0) is 6.42 Å². The predicted molar refractivity (Wildman–Crippen MR) is 96.1 cm³/mol. The lowest BCUT2D eigenvalue weighted by atomic mass is 9.77. The lowest BCUT2D eigenvalue weighted by molar-refractivity contribution is 0.312. The van der Waals surface area contributed by atoms with Gasteiger partial charge >= 0.3 is 0 Å². The van der Waals surface area contributed by atoms with E-state index in [4.69, 9.17) is 0 Å². The molecule has 140 valence electrons. The second kappa shape index (κ2) is 7.81. The van der Waals surface area contributed by atoms with Crippen molar-refractivity contribution in [3.8, 4) is 11.1 Å². The third kappa shape index (κ3) is 3.38. The summed E-state index contributed by atoms with van der Waals surface area (Å²) in [5.74, 6) is -3.49. The molecule has 0 spiro atoms. The van der Waals surface area contributed by atoms with Crippen LogP contribution in [0.2, 0.25) is 0 Å². The van der Waals surface area contributed by atoms with E-state index in [2.05, 4.69) is 6.92 Å². The molecule has 0 radical (unpaired) electrons. The summed E-state index contributed by atoms with van der Waals surface area (Å²) in [5.41, 5.74) is 0.105. The molecular formula is C22H24F4. The Kier molecular flexibility index (Phi) is 5.69. The first-order valence-corrected chi connectivity index (χ1v) is 9.42. The number of benzene rings is 2. The summed E-state index contributed by atoms with van der Waals surface area (Å²) < 4.78 is 57.7. The summed E-state index contributed by atoms with van der Waals surface area (Å²) in [6.45, 7) is 3.86. The molecule has 4 heteroatoms. The Bertz CT molecular complexity index is 789. The quantitative estimate of drug-likeness (QED) is 0.505. The topological polar surface area (TPSA) is 0 Å². The average molecular weight is 364 g/mol. The van der Waals surface area contributed by atoms with Gasteiger partial charge in [-0.1, -0.05) is 44.5 Å². The van der Waals surface area contributed by atoms with Crippen LogP contribution in [0.15, 0.2) is 24.3 Å². The predicted octanol–water partition coefficient (Wildman–Crippen LogP) is 7.16. The highest BCUT2D eigenvalue weighted by molar-refractivity contribution is 5.66. The molecule has 0 atom stereocenters. The summed E-state index contributed by atoms with van der Waals surface area (Å²) in [6, 6.07) is 5.66. The normalized spacial score (nSPS) is 20.4. The summed E-state index contributed by atoms with van der Waals surface area (Å²) in [5, 5.41) is 0. The van der Waals surface area contributed by atoms with E-state index in [9.17, 15) is 17.6 Å². The van der Waals surface area contributed by atoms with E-state index in [-0.39, 0.29) is 22.6 Å². The van der Waals surface area contributed by atoms with E-state index >= 15 is 0 Å². The van der Waals surface area contributed by atoms with Crippen LogP contribution in [0.3, 0.4) is 0 Å². The maximum absolute atomic E-state index is 14.7. The van der Waals surface area contributed by atoms with Gasteiger partial charge in [-0.25, -0.2) is 17.6 Å². The molecule has 0 aromatic heterocycles. The van der Waals surface area contributed by atoms with Gasteiger partial charge in [0.1, 0.15) is 0 Å². The highest BCUT2D eigenvalue weighted by atomic mass is 19.2. The number of hydrogen-bond acceptors (Lipinski definition) is 0. The number of rotatable bonds is 4. The summed E-state index contributed by atoms with van der Waals surface area (Å²) in [6.07, 6.45) is 5.15. The molecule has 1 aliphatic carbocycles. The first-order chi connectivity index (χ1) is 12.5. The number of aryl methyl sites for hydroxylation is 1. The van der Waals surface area contributed by atoms with Crippen molar-refractivity contribution in [1.82, 2.24) is 0 Å². The molecule has 2 aromatic rings.